The van der Waals surface area contributed by atoms with Crippen molar-refractivity contribution in [2.45, 2.75) is 40.5 Å². The average Bonchev–Trinajstić information content (AvgIpc) is 2.35. The molecular formula is C16H24N2. The summed E-state index contributed by atoms with van der Waals surface area (Å²) < 4.78 is 0. The largest absolute Gasteiger partial charge is 0.371 e. The van der Waals surface area contributed by atoms with E-state index in [0.29, 0.717) is 5.92 Å². The number of nitrogens with zero attached hydrogens (tertiary/aromatic N) is 2. The Hall–Kier alpha value is -1.49. The van der Waals surface area contributed by atoms with Crippen LogP contribution in [-0.2, 0) is 6.42 Å². The Bertz CT molecular complexity index is 416. The van der Waals surface area contributed by atoms with E-state index in [1.807, 2.05) is 6.07 Å². The fraction of sp³-hybridized carbons (Fsp3) is 0.562. The lowest BCUT2D eigenvalue weighted by atomic mass is 10.00. The van der Waals surface area contributed by atoms with Crippen LogP contribution >= 0.6 is 0 Å². The molecule has 0 N–H and O–H groups in total. The van der Waals surface area contributed by atoms with E-state index in [-0.39, 0.29) is 0 Å². The zero-order valence-electron chi connectivity index (χ0n) is 12.0. The number of hydrogen-bond donors (Lipinski definition) is 0. The zero-order chi connectivity index (χ0) is 13.5. The minimum Gasteiger partial charge on any atom is -0.371 e. The molecule has 0 amide bonds. The summed E-state index contributed by atoms with van der Waals surface area (Å²) in [4.78, 5) is 2.29. The maximum atomic E-state index is 9.23. The van der Waals surface area contributed by atoms with Crippen molar-refractivity contribution in [2.75, 3.05) is 18.0 Å². The molecule has 0 radical (unpaired) electrons. The average molecular weight is 244 g/mol. The Labute approximate surface area is 111 Å². The quantitative estimate of drug-likeness (QED) is 0.756. The predicted octanol–water partition coefficient (Wildman–Crippen LogP) is 3.99. The van der Waals surface area contributed by atoms with E-state index in [1.165, 1.54) is 5.56 Å². The molecule has 0 unspecified atom stereocenters. The molecule has 1 aromatic carbocycles. The van der Waals surface area contributed by atoms with Crippen molar-refractivity contribution in [2.24, 2.45) is 5.92 Å². The Balaban J connectivity index is 3.08. The molecule has 1 rings (SSSR count). The molecule has 0 atom stereocenters. The van der Waals surface area contributed by atoms with Crippen LogP contribution in [0.5, 0.6) is 0 Å². The number of hydrogen-bond acceptors (Lipinski definition) is 2. The van der Waals surface area contributed by atoms with Crippen molar-refractivity contribution in [1.82, 2.24) is 0 Å². The summed E-state index contributed by atoms with van der Waals surface area (Å²) in [6.45, 7) is 10.7. The van der Waals surface area contributed by atoms with Gasteiger partial charge in [-0.3, -0.25) is 0 Å². The monoisotopic (exact) mass is 244 g/mol. The van der Waals surface area contributed by atoms with Crippen LogP contribution in [0.4, 0.5) is 5.69 Å². The second kappa shape index (κ2) is 7.06. The molecular weight excluding hydrogens is 220 g/mol. The van der Waals surface area contributed by atoms with Crippen molar-refractivity contribution < 1.29 is 0 Å². The molecule has 0 aliphatic carbocycles. The topological polar surface area (TPSA) is 27.0 Å². The van der Waals surface area contributed by atoms with Gasteiger partial charge in [-0.15, -0.1) is 0 Å². The van der Waals surface area contributed by atoms with Crippen molar-refractivity contribution >= 4 is 5.69 Å². The van der Waals surface area contributed by atoms with Gasteiger partial charge in [-0.2, -0.15) is 5.26 Å². The Morgan fingerprint density at radius 2 is 2.00 bits per heavy atom. The Morgan fingerprint density at radius 1 is 1.28 bits per heavy atom. The van der Waals surface area contributed by atoms with Gasteiger partial charge in [-0.25, -0.2) is 0 Å². The lowest BCUT2D eigenvalue weighted by molar-refractivity contribution is 0.647. The van der Waals surface area contributed by atoms with Crippen molar-refractivity contribution in [1.29, 1.82) is 5.26 Å². The molecule has 0 saturated heterocycles. The van der Waals surface area contributed by atoms with E-state index in [4.69, 9.17) is 0 Å². The van der Waals surface area contributed by atoms with E-state index in [9.17, 15) is 5.26 Å². The van der Waals surface area contributed by atoms with Crippen LogP contribution in [0, 0.1) is 17.2 Å². The van der Waals surface area contributed by atoms with Gasteiger partial charge in [0.05, 0.1) is 11.3 Å². The van der Waals surface area contributed by atoms with Crippen molar-refractivity contribution in [3.05, 3.63) is 29.3 Å². The molecule has 0 fully saturated rings. The number of rotatable bonds is 6. The fourth-order valence-electron chi connectivity index (χ4n) is 2.25. The third-order valence-electron chi connectivity index (χ3n) is 3.04. The summed E-state index contributed by atoms with van der Waals surface area (Å²) in [7, 11) is 0. The molecule has 1 aromatic rings. The van der Waals surface area contributed by atoms with Gasteiger partial charge < -0.3 is 4.90 Å². The van der Waals surface area contributed by atoms with E-state index in [0.717, 1.165) is 37.2 Å². The smallest absolute Gasteiger partial charge is 0.101 e. The van der Waals surface area contributed by atoms with E-state index < -0.39 is 0 Å². The Morgan fingerprint density at radius 3 is 2.50 bits per heavy atom. The lowest BCUT2D eigenvalue weighted by Crippen LogP contribution is -2.24. The number of benzene rings is 1. The van der Waals surface area contributed by atoms with E-state index >= 15 is 0 Å². The number of nitriles is 1. The van der Waals surface area contributed by atoms with Gasteiger partial charge in [-0.05, 0) is 43.4 Å². The van der Waals surface area contributed by atoms with Crippen molar-refractivity contribution in [3.8, 4) is 6.07 Å². The van der Waals surface area contributed by atoms with Crippen LogP contribution < -0.4 is 4.90 Å². The van der Waals surface area contributed by atoms with Crippen LogP contribution in [0.3, 0.4) is 0 Å². The van der Waals surface area contributed by atoms with Crippen LogP contribution in [0.2, 0.25) is 0 Å². The summed E-state index contributed by atoms with van der Waals surface area (Å²) in [6, 6.07) is 8.55. The minimum atomic E-state index is 0.645. The summed E-state index contributed by atoms with van der Waals surface area (Å²) in [5.41, 5.74) is 3.21. The lowest BCUT2D eigenvalue weighted by Gasteiger charge is -2.24. The van der Waals surface area contributed by atoms with Gasteiger partial charge in [0.2, 0.25) is 0 Å². The highest BCUT2D eigenvalue weighted by molar-refractivity contribution is 5.60. The molecule has 0 bridgehead atoms. The second-order valence-electron chi connectivity index (χ2n) is 5.14. The molecule has 0 aliphatic heterocycles. The van der Waals surface area contributed by atoms with Gasteiger partial charge in [0, 0.05) is 13.1 Å². The third-order valence-corrected chi connectivity index (χ3v) is 3.04. The number of anilines is 1. The maximum absolute atomic E-state index is 9.23. The molecule has 0 aromatic heterocycles. The first-order chi connectivity index (χ1) is 8.62. The highest BCUT2D eigenvalue weighted by atomic mass is 15.1. The minimum absolute atomic E-state index is 0.645. The molecule has 2 heteroatoms. The van der Waals surface area contributed by atoms with E-state index in [1.54, 1.807) is 0 Å². The summed E-state index contributed by atoms with van der Waals surface area (Å²) >= 11 is 0. The third kappa shape index (κ3) is 3.77. The fourth-order valence-corrected chi connectivity index (χ4v) is 2.25. The van der Waals surface area contributed by atoms with Crippen LogP contribution in [-0.4, -0.2) is 13.1 Å². The van der Waals surface area contributed by atoms with Crippen LogP contribution in [0.15, 0.2) is 18.2 Å². The summed E-state index contributed by atoms with van der Waals surface area (Å²) in [5.74, 6) is 0.645. The van der Waals surface area contributed by atoms with Gasteiger partial charge >= 0.3 is 0 Å². The highest BCUT2D eigenvalue weighted by Gasteiger charge is 2.10. The second-order valence-corrected chi connectivity index (χ2v) is 5.14. The van der Waals surface area contributed by atoms with Crippen LogP contribution in [0.1, 0.15) is 45.2 Å². The first-order valence-corrected chi connectivity index (χ1v) is 6.90. The highest BCUT2D eigenvalue weighted by Crippen LogP contribution is 2.23. The summed E-state index contributed by atoms with van der Waals surface area (Å²) in [6.07, 6.45) is 2.18. The summed E-state index contributed by atoms with van der Waals surface area (Å²) in [5, 5.41) is 9.23. The normalized spacial score (nSPS) is 10.4. The van der Waals surface area contributed by atoms with Gasteiger partial charge in [-0.1, -0.05) is 26.8 Å². The SMILES string of the molecule is CCCN(CC)c1cc(CC(C)C)ccc1C#N. The molecule has 0 saturated carbocycles. The molecule has 0 aliphatic rings. The molecule has 98 valence electrons. The standard InChI is InChI=1S/C16H24N2/c1-5-9-18(6-2)16-11-14(10-13(3)4)7-8-15(16)12-17/h7-8,11,13H,5-6,9-10H2,1-4H3. The predicted molar refractivity (Wildman–Crippen MR) is 77.9 cm³/mol. The molecule has 18 heavy (non-hydrogen) atoms. The van der Waals surface area contributed by atoms with Crippen LogP contribution in [0.25, 0.3) is 0 Å². The van der Waals surface area contributed by atoms with E-state index in [2.05, 4.69) is 50.8 Å². The zero-order valence-corrected chi connectivity index (χ0v) is 12.0. The first-order valence-electron chi connectivity index (χ1n) is 6.90. The van der Waals surface area contributed by atoms with Gasteiger partial charge in [0.15, 0.2) is 0 Å². The molecule has 0 heterocycles. The molecule has 0 spiro atoms. The van der Waals surface area contributed by atoms with Gasteiger partial charge in [0.25, 0.3) is 0 Å². The Kier molecular flexibility index (Phi) is 5.71. The van der Waals surface area contributed by atoms with Crippen molar-refractivity contribution in [3.63, 3.8) is 0 Å². The molecule has 2 nitrogen and oxygen atoms in total. The van der Waals surface area contributed by atoms with Gasteiger partial charge in [0.1, 0.15) is 6.07 Å². The first kappa shape index (κ1) is 14.6. The maximum Gasteiger partial charge on any atom is 0.101 e.